The molecule has 0 saturated carbocycles. The number of aryl methyl sites for hydroxylation is 1. The molecule has 8 nitrogen and oxygen atoms in total. The van der Waals surface area contributed by atoms with E-state index in [0.717, 1.165) is 42.2 Å². The fourth-order valence-corrected chi connectivity index (χ4v) is 4.48. The standard InChI is InChI=1S/C21H29N7OS/c1-15-13-27(14-24-15)18-8-7-16(10-19(18)29-2)17(22)11-23-12-21-26-30-25-20-6-4-3-5-9-28(20)21/h7-8,10-11,13-14,21,23,26H,3-6,9,12,22H2,1-2H3/b17-11-. The van der Waals surface area contributed by atoms with Crippen LogP contribution in [-0.4, -0.2) is 46.7 Å². The highest BCUT2D eigenvalue weighted by atomic mass is 32.2. The molecule has 160 valence electrons. The molecule has 1 aromatic heterocycles. The van der Waals surface area contributed by atoms with E-state index in [9.17, 15) is 0 Å². The van der Waals surface area contributed by atoms with Crippen molar-refractivity contribution in [2.24, 2.45) is 10.1 Å². The Morgan fingerprint density at radius 2 is 2.30 bits per heavy atom. The van der Waals surface area contributed by atoms with Gasteiger partial charge in [0.05, 0.1) is 42.6 Å². The molecule has 2 aromatic rings. The second kappa shape index (κ2) is 9.44. The summed E-state index contributed by atoms with van der Waals surface area (Å²) < 4.78 is 15.5. The van der Waals surface area contributed by atoms with Gasteiger partial charge in [0.2, 0.25) is 0 Å². The van der Waals surface area contributed by atoms with Gasteiger partial charge in [-0.2, -0.15) is 4.40 Å². The molecule has 1 saturated heterocycles. The topological polar surface area (TPSA) is 92.7 Å². The van der Waals surface area contributed by atoms with E-state index in [4.69, 9.17) is 10.5 Å². The maximum absolute atomic E-state index is 6.34. The predicted molar refractivity (Wildman–Crippen MR) is 122 cm³/mol. The van der Waals surface area contributed by atoms with Crippen LogP contribution in [0.3, 0.4) is 0 Å². The van der Waals surface area contributed by atoms with E-state index >= 15 is 0 Å². The Hall–Kier alpha value is -2.65. The van der Waals surface area contributed by atoms with Gasteiger partial charge in [-0.25, -0.2) is 9.71 Å². The second-order valence-electron chi connectivity index (χ2n) is 7.55. The van der Waals surface area contributed by atoms with Crippen LogP contribution in [-0.2, 0) is 0 Å². The van der Waals surface area contributed by atoms with Crippen molar-refractivity contribution in [2.45, 2.75) is 38.8 Å². The monoisotopic (exact) mass is 427 g/mol. The Kier molecular flexibility index (Phi) is 6.49. The number of imidazole rings is 1. The zero-order valence-corrected chi connectivity index (χ0v) is 18.3. The third kappa shape index (κ3) is 4.57. The Bertz CT molecular complexity index is 939. The Labute approximate surface area is 181 Å². The smallest absolute Gasteiger partial charge is 0.143 e. The summed E-state index contributed by atoms with van der Waals surface area (Å²) >= 11 is 1.44. The predicted octanol–water partition coefficient (Wildman–Crippen LogP) is 2.80. The summed E-state index contributed by atoms with van der Waals surface area (Å²) in [5.74, 6) is 1.95. The molecule has 1 unspecified atom stereocenters. The number of ether oxygens (including phenoxy) is 1. The van der Waals surface area contributed by atoms with E-state index < -0.39 is 0 Å². The largest absolute Gasteiger partial charge is 0.495 e. The van der Waals surface area contributed by atoms with Crippen LogP contribution < -0.4 is 20.5 Å². The van der Waals surface area contributed by atoms with Crippen LogP contribution in [0.4, 0.5) is 0 Å². The quantitative estimate of drug-likeness (QED) is 0.611. The molecule has 3 heterocycles. The van der Waals surface area contributed by atoms with Gasteiger partial charge in [-0.05, 0) is 31.9 Å². The zero-order chi connectivity index (χ0) is 20.9. The average Bonchev–Trinajstić information content (AvgIpc) is 3.05. The molecule has 0 spiro atoms. The van der Waals surface area contributed by atoms with Crippen LogP contribution in [0.25, 0.3) is 11.4 Å². The van der Waals surface area contributed by atoms with E-state index in [1.54, 1.807) is 13.4 Å². The minimum Gasteiger partial charge on any atom is -0.495 e. The molecular weight excluding hydrogens is 398 g/mol. The van der Waals surface area contributed by atoms with Crippen LogP contribution in [0.2, 0.25) is 0 Å². The van der Waals surface area contributed by atoms with Crippen LogP contribution in [0.1, 0.15) is 36.9 Å². The van der Waals surface area contributed by atoms with Crippen molar-refractivity contribution in [3.05, 3.63) is 48.2 Å². The van der Waals surface area contributed by atoms with E-state index in [1.165, 1.54) is 37.2 Å². The van der Waals surface area contributed by atoms with E-state index in [0.29, 0.717) is 5.70 Å². The van der Waals surface area contributed by atoms with Gasteiger partial charge in [-0.1, -0.05) is 12.5 Å². The fraction of sp³-hybridized carbons (Fsp3) is 0.429. The maximum atomic E-state index is 6.34. The molecule has 1 atom stereocenters. The third-order valence-electron chi connectivity index (χ3n) is 5.42. The van der Waals surface area contributed by atoms with Crippen molar-refractivity contribution in [3.8, 4) is 11.4 Å². The van der Waals surface area contributed by atoms with Gasteiger partial charge in [0.25, 0.3) is 0 Å². The molecule has 0 amide bonds. The van der Waals surface area contributed by atoms with Crippen LogP contribution in [0.15, 0.2) is 41.3 Å². The zero-order valence-electron chi connectivity index (χ0n) is 17.5. The van der Waals surface area contributed by atoms with Gasteiger partial charge in [-0.15, -0.1) is 0 Å². The lowest BCUT2D eigenvalue weighted by molar-refractivity contribution is 0.292. The minimum absolute atomic E-state index is 0.200. The highest BCUT2D eigenvalue weighted by Crippen LogP contribution is 2.26. The third-order valence-corrected chi connectivity index (χ3v) is 6.10. The summed E-state index contributed by atoms with van der Waals surface area (Å²) in [6.07, 6.45) is 10.6. The minimum atomic E-state index is 0.200. The number of amidine groups is 1. The summed E-state index contributed by atoms with van der Waals surface area (Å²) in [5, 5.41) is 3.38. The SMILES string of the molecule is COc1cc(/C(N)=C/NCC2NSN=C3CCCCCN32)ccc1-n1cnc(C)c1. The number of nitrogens with one attached hydrogen (secondary N) is 2. The molecule has 0 bridgehead atoms. The van der Waals surface area contributed by atoms with Crippen molar-refractivity contribution in [1.29, 1.82) is 0 Å². The van der Waals surface area contributed by atoms with Crippen molar-refractivity contribution in [1.82, 2.24) is 24.5 Å². The lowest BCUT2D eigenvalue weighted by atomic mass is 10.1. The number of aromatic nitrogens is 2. The first kappa shape index (κ1) is 20.6. The molecule has 2 aliphatic rings. The summed E-state index contributed by atoms with van der Waals surface area (Å²) in [6, 6.07) is 5.94. The molecule has 1 fully saturated rings. The van der Waals surface area contributed by atoms with E-state index in [2.05, 4.69) is 24.3 Å². The van der Waals surface area contributed by atoms with Crippen molar-refractivity contribution < 1.29 is 4.74 Å². The number of hydrogen-bond acceptors (Lipinski definition) is 8. The van der Waals surface area contributed by atoms with Gasteiger partial charge in [-0.3, -0.25) is 0 Å². The van der Waals surface area contributed by atoms with Crippen LogP contribution >= 0.6 is 12.1 Å². The molecule has 0 aliphatic carbocycles. The normalized spacial score (nSPS) is 19.7. The average molecular weight is 428 g/mol. The summed E-state index contributed by atoms with van der Waals surface area (Å²) in [6.45, 7) is 3.75. The summed E-state index contributed by atoms with van der Waals surface area (Å²) in [4.78, 5) is 6.67. The molecule has 4 N–H and O–H groups in total. The highest BCUT2D eigenvalue weighted by molar-refractivity contribution is 7.96. The maximum Gasteiger partial charge on any atom is 0.143 e. The van der Waals surface area contributed by atoms with E-state index in [-0.39, 0.29) is 6.17 Å². The molecule has 4 rings (SSSR count). The molecule has 1 aromatic carbocycles. The fourth-order valence-electron chi connectivity index (χ4n) is 3.79. The van der Waals surface area contributed by atoms with Gasteiger partial charge in [0.15, 0.2) is 0 Å². The number of fused-ring (bicyclic) bond motifs is 1. The number of nitrogens with two attached hydrogens (primary N) is 1. The van der Waals surface area contributed by atoms with Gasteiger partial charge in [0, 0.05) is 37.5 Å². The Morgan fingerprint density at radius 3 is 3.10 bits per heavy atom. The number of nitrogens with zero attached hydrogens (tertiary/aromatic N) is 4. The van der Waals surface area contributed by atoms with Crippen LogP contribution in [0, 0.1) is 6.92 Å². The molecule has 9 heteroatoms. The Morgan fingerprint density at radius 1 is 1.40 bits per heavy atom. The summed E-state index contributed by atoms with van der Waals surface area (Å²) in [7, 11) is 1.66. The molecule has 2 aliphatic heterocycles. The number of hydrogen-bond donors (Lipinski definition) is 3. The van der Waals surface area contributed by atoms with Gasteiger partial charge < -0.3 is 25.3 Å². The van der Waals surface area contributed by atoms with Gasteiger partial charge in [0.1, 0.15) is 17.8 Å². The summed E-state index contributed by atoms with van der Waals surface area (Å²) in [5.41, 5.74) is 9.80. The highest BCUT2D eigenvalue weighted by Gasteiger charge is 2.26. The van der Waals surface area contributed by atoms with Crippen molar-refractivity contribution >= 4 is 23.7 Å². The van der Waals surface area contributed by atoms with Crippen LogP contribution in [0.5, 0.6) is 5.75 Å². The Balaban J connectivity index is 1.43. The first-order chi connectivity index (χ1) is 14.7. The van der Waals surface area contributed by atoms with E-state index in [1.807, 2.05) is 42.1 Å². The molecular formula is C21H29N7OS. The van der Waals surface area contributed by atoms with Crippen molar-refractivity contribution in [3.63, 3.8) is 0 Å². The lowest BCUT2D eigenvalue weighted by Crippen LogP contribution is -2.53. The number of rotatable bonds is 6. The van der Waals surface area contributed by atoms with Crippen molar-refractivity contribution in [2.75, 3.05) is 20.2 Å². The lowest BCUT2D eigenvalue weighted by Gasteiger charge is -2.36. The molecule has 0 radical (unpaired) electrons. The van der Waals surface area contributed by atoms with Gasteiger partial charge >= 0.3 is 0 Å². The first-order valence-electron chi connectivity index (χ1n) is 10.3. The first-order valence-corrected chi connectivity index (χ1v) is 11.1. The number of benzene rings is 1. The molecule has 30 heavy (non-hydrogen) atoms. The second-order valence-corrected chi connectivity index (χ2v) is 8.15. The number of methoxy groups -OCH3 is 1.